The number of nitrogens with one attached hydrogen (secondary N) is 3. The number of aromatic nitrogens is 2. The molecule has 2 aromatic carbocycles. The van der Waals surface area contributed by atoms with E-state index in [4.69, 9.17) is 0 Å². The quantitative estimate of drug-likeness (QED) is 0.437. The number of hydrogen-bond acceptors (Lipinski definition) is 4. The molecule has 0 aliphatic heterocycles. The first-order chi connectivity index (χ1) is 14.5. The second-order valence-electron chi connectivity index (χ2n) is 7.15. The highest BCUT2D eigenvalue weighted by Gasteiger charge is 2.22. The molecule has 0 unspecified atom stereocenters. The van der Waals surface area contributed by atoms with Gasteiger partial charge in [-0.3, -0.25) is 9.59 Å². The van der Waals surface area contributed by atoms with E-state index < -0.39 is 6.04 Å². The lowest BCUT2D eigenvalue weighted by molar-refractivity contribution is -0.125. The van der Waals surface area contributed by atoms with Crippen LogP contribution >= 0.6 is 11.3 Å². The molecule has 4 rings (SSSR count). The number of hydrogen-bond donors (Lipinski definition) is 3. The molecule has 0 radical (unpaired) electrons. The second kappa shape index (κ2) is 8.51. The molecule has 7 heteroatoms. The van der Waals surface area contributed by atoms with E-state index in [1.54, 1.807) is 6.20 Å². The lowest BCUT2D eigenvalue weighted by Gasteiger charge is -2.16. The molecule has 2 amide bonds. The van der Waals surface area contributed by atoms with Gasteiger partial charge in [-0.2, -0.15) is 0 Å². The molecule has 4 aromatic rings. The summed E-state index contributed by atoms with van der Waals surface area (Å²) in [7, 11) is 0. The Morgan fingerprint density at radius 3 is 2.70 bits per heavy atom. The third-order valence-corrected chi connectivity index (χ3v) is 5.89. The summed E-state index contributed by atoms with van der Waals surface area (Å²) in [6, 6.07) is 15.2. The van der Waals surface area contributed by atoms with Crippen molar-refractivity contribution in [2.75, 3.05) is 5.32 Å². The van der Waals surface area contributed by atoms with E-state index in [-0.39, 0.29) is 11.8 Å². The third kappa shape index (κ3) is 4.26. The average molecular weight is 419 g/mol. The van der Waals surface area contributed by atoms with Crippen molar-refractivity contribution in [1.82, 2.24) is 15.3 Å². The van der Waals surface area contributed by atoms with Gasteiger partial charge >= 0.3 is 0 Å². The zero-order valence-corrected chi connectivity index (χ0v) is 17.5. The van der Waals surface area contributed by atoms with Crippen LogP contribution in [0.3, 0.4) is 0 Å². The maximum Gasteiger partial charge on any atom is 0.249 e. The van der Waals surface area contributed by atoms with Gasteiger partial charge in [-0.25, -0.2) is 4.98 Å². The smallest absolute Gasteiger partial charge is 0.249 e. The van der Waals surface area contributed by atoms with Crippen LogP contribution < -0.4 is 10.6 Å². The number of thiazole rings is 1. The molecule has 0 fully saturated rings. The fourth-order valence-corrected chi connectivity index (χ4v) is 4.38. The van der Waals surface area contributed by atoms with Crippen molar-refractivity contribution < 1.29 is 9.59 Å². The third-order valence-electron chi connectivity index (χ3n) is 4.94. The average Bonchev–Trinajstić information content (AvgIpc) is 3.35. The van der Waals surface area contributed by atoms with Gasteiger partial charge in [-0.05, 0) is 29.7 Å². The Kier molecular flexibility index (Phi) is 5.63. The fourth-order valence-electron chi connectivity index (χ4n) is 3.47. The summed E-state index contributed by atoms with van der Waals surface area (Å²) in [6.45, 7) is 3.45. The Morgan fingerprint density at radius 2 is 1.90 bits per heavy atom. The summed E-state index contributed by atoms with van der Waals surface area (Å²) < 4.78 is 0. The van der Waals surface area contributed by atoms with Crippen LogP contribution in [-0.2, 0) is 16.0 Å². The predicted octanol–water partition coefficient (Wildman–Crippen LogP) is 4.29. The van der Waals surface area contributed by atoms with Gasteiger partial charge in [0.25, 0.3) is 0 Å². The van der Waals surface area contributed by atoms with Gasteiger partial charge in [0.05, 0.1) is 4.88 Å². The largest absolute Gasteiger partial charge is 0.361 e. The minimum Gasteiger partial charge on any atom is -0.361 e. The van der Waals surface area contributed by atoms with Crippen LogP contribution in [-0.4, -0.2) is 27.8 Å². The molecule has 2 aromatic heterocycles. The number of aromatic amines is 1. The first-order valence-corrected chi connectivity index (χ1v) is 10.5. The van der Waals surface area contributed by atoms with E-state index in [9.17, 15) is 9.59 Å². The predicted molar refractivity (Wildman–Crippen MR) is 121 cm³/mol. The summed E-state index contributed by atoms with van der Waals surface area (Å²) in [5.41, 5.74) is 4.21. The van der Waals surface area contributed by atoms with Gasteiger partial charge in [0, 0.05) is 36.6 Å². The van der Waals surface area contributed by atoms with E-state index in [1.807, 2.05) is 61.7 Å². The summed E-state index contributed by atoms with van der Waals surface area (Å²) in [4.78, 5) is 33.2. The minimum absolute atomic E-state index is 0.255. The Balaban J connectivity index is 1.53. The molecule has 6 nitrogen and oxygen atoms in total. The zero-order chi connectivity index (χ0) is 21.1. The number of carbonyl (C=O) groups excluding carboxylic acids is 2. The molecule has 3 N–H and O–H groups in total. The number of aryl methyl sites for hydroxylation is 1. The molecule has 30 heavy (non-hydrogen) atoms. The van der Waals surface area contributed by atoms with Crippen LogP contribution in [0.4, 0.5) is 5.13 Å². The van der Waals surface area contributed by atoms with Gasteiger partial charge in [0.15, 0.2) is 5.13 Å². The van der Waals surface area contributed by atoms with Crippen molar-refractivity contribution in [3.63, 3.8) is 0 Å². The number of amides is 2. The fraction of sp³-hybridized carbons (Fsp3) is 0.174. The zero-order valence-electron chi connectivity index (χ0n) is 16.7. The molecule has 152 valence electrons. The SMILES string of the molecule is CC(=O)N[C@@H](Cc1c[nH]c2ccccc12)C(=O)Nc1ncc(-c2ccccc2C)s1. The Hall–Kier alpha value is -3.45. The number of para-hydroxylation sites is 1. The maximum atomic E-state index is 13.0. The molecular weight excluding hydrogens is 396 g/mol. The van der Waals surface area contributed by atoms with Crippen molar-refractivity contribution in [1.29, 1.82) is 0 Å². The topological polar surface area (TPSA) is 86.9 Å². The van der Waals surface area contributed by atoms with Crippen LogP contribution in [0.2, 0.25) is 0 Å². The van der Waals surface area contributed by atoms with Crippen LogP contribution in [0.15, 0.2) is 60.9 Å². The standard InChI is InChI=1S/C23H22N4O2S/c1-14-7-3-4-8-17(14)21-13-25-23(30-21)27-22(29)20(26-15(2)28)11-16-12-24-19-10-6-5-9-18(16)19/h3-10,12-13,20,24H,11H2,1-2H3,(H,26,28)(H,25,27,29)/t20-/m0/s1. The highest BCUT2D eigenvalue weighted by Crippen LogP contribution is 2.31. The highest BCUT2D eigenvalue weighted by molar-refractivity contribution is 7.19. The summed E-state index contributed by atoms with van der Waals surface area (Å²) in [5, 5.41) is 7.17. The first-order valence-electron chi connectivity index (χ1n) is 9.66. The van der Waals surface area contributed by atoms with E-state index in [1.165, 1.54) is 18.3 Å². The Labute approximate surface area is 178 Å². The van der Waals surface area contributed by atoms with Gasteiger partial charge < -0.3 is 15.6 Å². The maximum absolute atomic E-state index is 13.0. The van der Waals surface area contributed by atoms with E-state index in [0.29, 0.717) is 11.6 Å². The highest BCUT2D eigenvalue weighted by atomic mass is 32.1. The normalized spacial score (nSPS) is 11.9. The van der Waals surface area contributed by atoms with Crippen LogP contribution in [0.25, 0.3) is 21.3 Å². The number of anilines is 1. The van der Waals surface area contributed by atoms with Crippen molar-refractivity contribution in [3.05, 3.63) is 72.1 Å². The molecule has 0 saturated heterocycles. The summed E-state index contributed by atoms with van der Waals surface area (Å²) in [6.07, 6.45) is 4.02. The number of H-pyrrole nitrogens is 1. The monoisotopic (exact) mass is 418 g/mol. The van der Waals surface area contributed by atoms with Crippen molar-refractivity contribution in [2.24, 2.45) is 0 Å². The Morgan fingerprint density at radius 1 is 1.13 bits per heavy atom. The molecule has 0 saturated carbocycles. The second-order valence-corrected chi connectivity index (χ2v) is 8.18. The summed E-state index contributed by atoms with van der Waals surface area (Å²) in [5.74, 6) is -0.545. The van der Waals surface area contributed by atoms with E-state index in [2.05, 4.69) is 20.6 Å². The van der Waals surface area contributed by atoms with Gasteiger partial charge in [0.2, 0.25) is 11.8 Å². The van der Waals surface area contributed by atoms with Crippen LogP contribution in [0.1, 0.15) is 18.1 Å². The summed E-state index contributed by atoms with van der Waals surface area (Å²) >= 11 is 1.41. The number of nitrogens with zero attached hydrogens (tertiary/aromatic N) is 1. The van der Waals surface area contributed by atoms with Gasteiger partial charge in [0.1, 0.15) is 6.04 Å². The molecule has 0 aliphatic rings. The number of benzene rings is 2. The van der Waals surface area contributed by atoms with Crippen LogP contribution in [0.5, 0.6) is 0 Å². The number of rotatable bonds is 6. The van der Waals surface area contributed by atoms with Crippen molar-refractivity contribution in [3.8, 4) is 10.4 Å². The Bertz CT molecular complexity index is 1210. The molecular formula is C23H22N4O2S. The molecule has 2 heterocycles. The van der Waals surface area contributed by atoms with Crippen molar-refractivity contribution >= 4 is 39.2 Å². The molecule has 0 bridgehead atoms. The van der Waals surface area contributed by atoms with Gasteiger partial charge in [-0.15, -0.1) is 0 Å². The van der Waals surface area contributed by atoms with Gasteiger partial charge in [-0.1, -0.05) is 53.8 Å². The molecule has 0 aliphatic carbocycles. The van der Waals surface area contributed by atoms with E-state index in [0.717, 1.165) is 32.5 Å². The molecule has 1 atom stereocenters. The number of carbonyl (C=O) groups is 2. The van der Waals surface area contributed by atoms with Crippen molar-refractivity contribution in [2.45, 2.75) is 26.3 Å². The first kappa shape index (κ1) is 19.8. The van der Waals surface area contributed by atoms with E-state index >= 15 is 0 Å². The lowest BCUT2D eigenvalue weighted by Crippen LogP contribution is -2.44. The minimum atomic E-state index is -0.701. The van der Waals surface area contributed by atoms with Crippen LogP contribution in [0, 0.1) is 6.92 Å². The molecule has 0 spiro atoms. The number of fused-ring (bicyclic) bond motifs is 1. The lowest BCUT2D eigenvalue weighted by atomic mass is 10.0.